The second kappa shape index (κ2) is 5.43. The van der Waals surface area contributed by atoms with Crippen molar-refractivity contribution in [2.45, 2.75) is 31.3 Å². The standard InChI is InChI=1S/C16H17ClN2O/c17-11-8-14(16(18)19-9-11)15(20)13-7-3-5-10-4-1-2-6-12(10)13/h1-2,4,6,8-9,13,15,20H,3,5,7H2,(H2,18,19). The number of fused-ring (bicyclic) bond motifs is 1. The van der Waals surface area contributed by atoms with Crippen LogP contribution in [0.25, 0.3) is 0 Å². The zero-order chi connectivity index (χ0) is 14.1. The predicted octanol–water partition coefficient (Wildman–Crippen LogP) is 3.47. The van der Waals surface area contributed by atoms with Gasteiger partial charge in [0.15, 0.2) is 0 Å². The van der Waals surface area contributed by atoms with Crippen molar-refractivity contribution in [2.24, 2.45) is 0 Å². The van der Waals surface area contributed by atoms with Crippen LogP contribution >= 0.6 is 11.6 Å². The lowest BCUT2D eigenvalue weighted by atomic mass is 9.78. The second-order valence-electron chi connectivity index (χ2n) is 5.27. The average molecular weight is 289 g/mol. The molecule has 1 aromatic carbocycles. The molecular formula is C16H17ClN2O. The van der Waals surface area contributed by atoms with E-state index in [0.717, 1.165) is 19.3 Å². The first-order chi connectivity index (χ1) is 9.66. The van der Waals surface area contributed by atoms with Gasteiger partial charge in [-0.1, -0.05) is 35.9 Å². The molecule has 0 radical (unpaired) electrons. The van der Waals surface area contributed by atoms with Gasteiger partial charge in [0.1, 0.15) is 5.82 Å². The summed E-state index contributed by atoms with van der Waals surface area (Å²) in [6.45, 7) is 0. The van der Waals surface area contributed by atoms with Crippen LogP contribution in [0.4, 0.5) is 5.82 Å². The summed E-state index contributed by atoms with van der Waals surface area (Å²) in [7, 11) is 0. The van der Waals surface area contributed by atoms with Crippen LogP contribution in [0.1, 0.15) is 41.6 Å². The van der Waals surface area contributed by atoms with Crippen molar-refractivity contribution < 1.29 is 5.11 Å². The van der Waals surface area contributed by atoms with Crippen molar-refractivity contribution in [1.82, 2.24) is 4.98 Å². The van der Waals surface area contributed by atoms with E-state index in [0.29, 0.717) is 16.4 Å². The van der Waals surface area contributed by atoms with Crippen molar-refractivity contribution in [2.75, 3.05) is 5.73 Å². The number of anilines is 1. The third-order valence-corrected chi connectivity index (χ3v) is 4.24. The number of benzene rings is 1. The molecule has 1 heterocycles. The highest BCUT2D eigenvalue weighted by molar-refractivity contribution is 6.30. The zero-order valence-electron chi connectivity index (χ0n) is 11.1. The van der Waals surface area contributed by atoms with E-state index in [1.54, 1.807) is 6.07 Å². The van der Waals surface area contributed by atoms with E-state index in [-0.39, 0.29) is 5.92 Å². The number of hydrogen-bond acceptors (Lipinski definition) is 3. The molecule has 1 aliphatic rings. The van der Waals surface area contributed by atoms with Crippen LogP contribution in [-0.4, -0.2) is 10.1 Å². The van der Waals surface area contributed by atoms with Gasteiger partial charge in [-0.2, -0.15) is 0 Å². The normalized spacial score (nSPS) is 19.4. The Kier molecular flexibility index (Phi) is 3.64. The number of aryl methyl sites for hydroxylation is 1. The van der Waals surface area contributed by atoms with Crippen molar-refractivity contribution in [3.05, 3.63) is 58.2 Å². The maximum absolute atomic E-state index is 10.7. The third kappa shape index (κ3) is 2.39. The quantitative estimate of drug-likeness (QED) is 0.889. The minimum absolute atomic E-state index is 0.0579. The van der Waals surface area contributed by atoms with E-state index in [1.165, 1.54) is 17.3 Å². The third-order valence-electron chi connectivity index (χ3n) is 4.03. The number of pyridine rings is 1. The number of hydrogen-bond donors (Lipinski definition) is 2. The number of aromatic nitrogens is 1. The molecule has 1 aromatic heterocycles. The summed E-state index contributed by atoms with van der Waals surface area (Å²) in [5, 5.41) is 11.2. The highest BCUT2D eigenvalue weighted by atomic mass is 35.5. The van der Waals surface area contributed by atoms with Gasteiger partial charge >= 0.3 is 0 Å². The van der Waals surface area contributed by atoms with Crippen LogP contribution in [-0.2, 0) is 6.42 Å². The summed E-state index contributed by atoms with van der Waals surface area (Å²) in [6.07, 6.45) is 3.93. The van der Waals surface area contributed by atoms with Crippen LogP contribution in [0.15, 0.2) is 36.5 Å². The molecule has 1 aliphatic carbocycles. The zero-order valence-corrected chi connectivity index (χ0v) is 11.8. The summed E-state index contributed by atoms with van der Waals surface area (Å²) in [5.74, 6) is 0.410. The minimum atomic E-state index is -0.664. The maximum atomic E-state index is 10.7. The first-order valence-corrected chi connectivity index (χ1v) is 7.21. The molecule has 0 saturated carbocycles. The summed E-state index contributed by atoms with van der Waals surface area (Å²) in [4.78, 5) is 4.04. The molecule has 0 saturated heterocycles. The Hall–Kier alpha value is -1.58. The van der Waals surface area contributed by atoms with E-state index in [4.69, 9.17) is 17.3 Å². The molecule has 2 aromatic rings. The molecule has 104 valence electrons. The minimum Gasteiger partial charge on any atom is -0.388 e. The summed E-state index contributed by atoms with van der Waals surface area (Å²) >= 11 is 5.97. The Labute approximate surface area is 123 Å². The number of nitrogens with zero attached hydrogens (tertiary/aromatic N) is 1. The first-order valence-electron chi connectivity index (χ1n) is 6.83. The molecule has 2 unspecified atom stereocenters. The van der Waals surface area contributed by atoms with Crippen LogP contribution < -0.4 is 5.73 Å². The van der Waals surface area contributed by atoms with Crippen LogP contribution in [0, 0.1) is 0 Å². The van der Waals surface area contributed by atoms with E-state index in [1.807, 2.05) is 12.1 Å². The summed E-state index contributed by atoms with van der Waals surface area (Å²) in [6, 6.07) is 10.0. The molecule has 3 rings (SSSR count). The maximum Gasteiger partial charge on any atom is 0.129 e. The van der Waals surface area contributed by atoms with Gasteiger partial charge in [-0.05, 0) is 36.5 Å². The van der Waals surface area contributed by atoms with Gasteiger partial charge in [0.05, 0.1) is 11.1 Å². The van der Waals surface area contributed by atoms with Gasteiger partial charge in [-0.3, -0.25) is 0 Å². The van der Waals surface area contributed by atoms with Gasteiger partial charge in [-0.15, -0.1) is 0 Å². The molecule has 0 amide bonds. The van der Waals surface area contributed by atoms with Crippen molar-refractivity contribution >= 4 is 17.4 Å². The van der Waals surface area contributed by atoms with Gasteiger partial charge in [0.25, 0.3) is 0 Å². The fourth-order valence-corrected chi connectivity index (χ4v) is 3.20. The lowest BCUT2D eigenvalue weighted by molar-refractivity contribution is 0.136. The fourth-order valence-electron chi connectivity index (χ4n) is 3.04. The number of aliphatic hydroxyl groups excluding tert-OH is 1. The Morgan fingerprint density at radius 3 is 3.00 bits per heavy atom. The molecule has 4 heteroatoms. The van der Waals surface area contributed by atoms with E-state index >= 15 is 0 Å². The smallest absolute Gasteiger partial charge is 0.129 e. The number of nitrogens with two attached hydrogens (primary N) is 1. The number of aliphatic hydroxyl groups is 1. The first kappa shape index (κ1) is 13.4. The lowest BCUT2D eigenvalue weighted by Crippen LogP contribution is -2.18. The van der Waals surface area contributed by atoms with Gasteiger partial charge < -0.3 is 10.8 Å². The molecule has 0 bridgehead atoms. The lowest BCUT2D eigenvalue weighted by Gasteiger charge is -2.30. The fraction of sp³-hybridized carbons (Fsp3) is 0.312. The highest BCUT2D eigenvalue weighted by Gasteiger charge is 2.29. The van der Waals surface area contributed by atoms with E-state index in [2.05, 4.69) is 17.1 Å². The monoisotopic (exact) mass is 288 g/mol. The number of halogens is 1. The number of nitrogen functional groups attached to an aromatic ring is 1. The van der Waals surface area contributed by atoms with Gasteiger partial charge in [0.2, 0.25) is 0 Å². The van der Waals surface area contributed by atoms with Crippen LogP contribution in [0.5, 0.6) is 0 Å². The molecule has 0 aliphatic heterocycles. The Morgan fingerprint density at radius 2 is 2.15 bits per heavy atom. The molecule has 2 atom stereocenters. The highest BCUT2D eigenvalue weighted by Crippen LogP contribution is 2.41. The van der Waals surface area contributed by atoms with Crippen molar-refractivity contribution in [3.63, 3.8) is 0 Å². The second-order valence-corrected chi connectivity index (χ2v) is 5.71. The van der Waals surface area contributed by atoms with Crippen molar-refractivity contribution in [1.29, 1.82) is 0 Å². The Morgan fingerprint density at radius 1 is 1.35 bits per heavy atom. The molecule has 3 N–H and O–H groups in total. The topological polar surface area (TPSA) is 59.1 Å². The summed E-state index contributed by atoms with van der Waals surface area (Å²) in [5.41, 5.74) is 9.04. The number of rotatable bonds is 2. The van der Waals surface area contributed by atoms with E-state index < -0.39 is 6.10 Å². The molecule has 3 nitrogen and oxygen atoms in total. The van der Waals surface area contributed by atoms with Crippen molar-refractivity contribution in [3.8, 4) is 0 Å². The largest absolute Gasteiger partial charge is 0.388 e. The van der Waals surface area contributed by atoms with E-state index in [9.17, 15) is 5.11 Å². The Bertz CT molecular complexity index is 630. The molecule has 20 heavy (non-hydrogen) atoms. The average Bonchev–Trinajstić information content (AvgIpc) is 2.48. The molecule has 0 fully saturated rings. The SMILES string of the molecule is Nc1ncc(Cl)cc1C(O)C1CCCc2ccccc21. The predicted molar refractivity (Wildman–Crippen MR) is 80.7 cm³/mol. The molecular weight excluding hydrogens is 272 g/mol. The summed E-state index contributed by atoms with van der Waals surface area (Å²) < 4.78 is 0. The molecule has 0 spiro atoms. The van der Waals surface area contributed by atoms with Gasteiger partial charge in [0, 0.05) is 17.7 Å². The van der Waals surface area contributed by atoms with Gasteiger partial charge in [-0.25, -0.2) is 4.98 Å². The van der Waals surface area contributed by atoms with Crippen LogP contribution in [0.2, 0.25) is 5.02 Å². The van der Waals surface area contributed by atoms with Crippen LogP contribution in [0.3, 0.4) is 0 Å². The Balaban J connectivity index is 1.99.